The average Bonchev–Trinajstić information content (AvgIpc) is 2.65. The van der Waals surface area contributed by atoms with Crippen molar-refractivity contribution in [3.8, 4) is 0 Å². The van der Waals surface area contributed by atoms with Gasteiger partial charge in [-0.3, -0.25) is 0 Å². The summed E-state index contributed by atoms with van der Waals surface area (Å²) in [7, 11) is 0. The van der Waals surface area contributed by atoms with Gasteiger partial charge in [0, 0.05) is 11.4 Å². The van der Waals surface area contributed by atoms with Crippen LogP contribution in [0.4, 0.5) is 5.69 Å². The molecule has 3 rings (SSSR count). The lowest BCUT2D eigenvalue weighted by molar-refractivity contribution is 0.632. The number of nitrogens with one attached hydrogen (secondary N) is 1. The molecule has 0 amide bonds. The Hall–Kier alpha value is -3.00. The fraction of sp³-hybridized carbons (Fsp3) is 0.130. The van der Waals surface area contributed by atoms with E-state index in [1.165, 1.54) is 11.1 Å². The van der Waals surface area contributed by atoms with Crippen molar-refractivity contribution in [1.82, 2.24) is 5.32 Å². The molecule has 0 radical (unpaired) electrons. The highest BCUT2D eigenvalue weighted by Gasteiger charge is 2.13. The van der Waals surface area contributed by atoms with Gasteiger partial charge in [-0.1, -0.05) is 79.4 Å². The lowest BCUT2D eigenvalue weighted by Gasteiger charge is -2.22. The molecule has 0 fully saturated rings. The summed E-state index contributed by atoms with van der Waals surface area (Å²) in [5, 5.41) is 3.59. The summed E-state index contributed by atoms with van der Waals surface area (Å²) >= 11 is 0. The molecule has 0 heterocycles. The van der Waals surface area contributed by atoms with Crippen molar-refractivity contribution in [1.29, 1.82) is 0 Å². The summed E-state index contributed by atoms with van der Waals surface area (Å²) in [6, 6.07) is 27.2. The molecule has 0 spiro atoms. The van der Waals surface area contributed by atoms with Gasteiger partial charge in [0.05, 0.1) is 6.04 Å². The first-order chi connectivity index (χ1) is 12.1. The molecule has 25 heavy (non-hydrogen) atoms. The molecule has 0 aliphatic carbocycles. The maximum Gasteiger partial charge on any atom is 0.0554 e. The minimum atomic E-state index is 0.152. The third kappa shape index (κ3) is 4.30. The Kier molecular flexibility index (Phi) is 5.20. The summed E-state index contributed by atoms with van der Waals surface area (Å²) in [5.41, 5.74) is 12.4. The highest BCUT2D eigenvalue weighted by atomic mass is 14.9. The van der Waals surface area contributed by atoms with E-state index in [-0.39, 0.29) is 6.04 Å². The molecular formula is C23H24N2. The molecule has 2 heteroatoms. The van der Waals surface area contributed by atoms with E-state index in [0.29, 0.717) is 0 Å². The quantitative estimate of drug-likeness (QED) is 0.616. The maximum atomic E-state index is 6.06. The molecule has 1 atom stereocenters. The number of rotatable bonds is 6. The zero-order valence-corrected chi connectivity index (χ0v) is 14.6. The molecule has 3 aromatic carbocycles. The van der Waals surface area contributed by atoms with Crippen molar-refractivity contribution in [3.63, 3.8) is 0 Å². The fourth-order valence-corrected chi connectivity index (χ4v) is 2.91. The molecule has 0 aromatic heterocycles. The van der Waals surface area contributed by atoms with Crippen molar-refractivity contribution < 1.29 is 0 Å². The summed E-state index contributed by atoms with van der Waals surface area (Å²) in [6.45, 7) is 6.25. The lowest BCUT2D eigenvalue weighted by atomic mass is 9.98. The summed E-state index contributed by atoms with van der Waals surface area (Å²) < 4.78 is 0. The molecule has 3 aromatic rings. The second kappa shape index (κ2) is 7.71. The summed E-state index contributed by atoms with van der Waals surface area (Å²) in [5.74, 6) is 0. The van der Waals surface area contributed by atoms with Crippen LogP contribution in [0.25, 0.3) is 5.70 Å². The number of nitrogen functional groups attached to an aromatic ring is 1. The van der Waals surface area contributed by atoms with Gasteiger partial charge in [-0.2, -0.15) is 0 Å². The summed E-state index contributed by atoms with van der Waals surface area (Å²) in [4.78, 5) is 0. The smallest absolute Gasteiger partial charge is 0.0554 e. The minimum Gasteiger partial charge on any atom is -0.398 e. The second-order valence-electron chi connectivity index (χ2n) is 6.35. The van der Waals surface area contributed by atoms with Crippen LogP contribution in [0.15, 0.2) is 85.4 Å². The molecule has 0 aliphatic heterocycles. The number of hydrogen-bond acceptors (Lipinski definition) is 2. The van der Waals surface area contributed by atoms with Crippen molar-refractivity contribution in [3.05, 3.63) is 108 Å². The first-order valence-electron chi connectivity index (χ1n) is 8.54. The zero-order valence-electron chi connectivity index (χ0n) is 14.6. The van der Waals surface area contributed by atoms with E-state index in [0.717, 1.165) is 28.9 Å². The SMILES string of the molecule is C=C(NC(Cc1ccccc1)c1ccccc1)c1ccc(C)c(N)c1. The van der Waals surface area contributed by atoms with Gasteiger partial charge in [0.1, 0.15) is 0 Å². The van der Waals surface area contributed by atoms with Gasteiger partial charge in [0.2, 0.25) is 0 Å². The van der Waals surface area contributed by atoms with E-state index < -0.39 is 0 Å². The Labute approximate surface area is 150 Å². The highest BCUT2D eigenvalue weighted by Crippen LogP contribution is 2.24. The van der Waals surface area contributed by atoms with E-state index in [1.807, 2.05) is 31.2 Å². The van der Waals surface area contributed by atoms with Gasteiger partial charge in [-0.25, -0.2) is 0 Å². The Morgan fingerprint density at radius 2 is 1.60 bits per heavy atom. The van der Waals surface area contributed by atoms with Crippen LogP contribution in [0.5, 0.6) is 0 Å². The summed E-state index contributed by atoms with van der Waals surface area (Å²) in [6.07, 6.45) is 0.894. The van der Waals surface area contributed by atoms with E-state index in [2.05, 4.69) is 66.5 Å². The van der Waals surface area contributed by atoms with Crippen LogP contribution in [0.1, 0.15) is 28.3 Å². The van der Waals surface area contributed by atoms with Gasteiger partial charge in [-0.05, 0) is 41.7 Å². The first-order valence-corrected chi connectivity index (χ1v) is 8.54. The van der Waals surface area contributed by atoms with Gasteiger partial charge in [-0.15, -0.1) is 0 Å². The molecule has 0 aliphatic rings. The van der Waals surface area contributed by atoms with Crippen LogP contribution in [0.3, 0.4) is 0 Å². The van der Waals surface area contributed by atoms with E-state index in [9.17, 15) is 0 Å². The Bertz CT molecular complexity index is 838. The number of hydrogen-bond donors (Lipinski definition) is 2. The minimum absolute atomic E-state index is 0.152. The maximum absolute atomic E-state index is 6.06. The molecule has 0 saturated carbocycles. The number of nitrogens with two attached hydrogens (primary N) is 1. The van der Waals surface area contributed by atoms with Crippen molar-refractivity contribution in [2.45, 2.75) is 19.4 Å². The second-order valence-corrected chi connectivity index (χ2v) is 6.35. The van der Waals surface area contributed by atoms with Crippen molar-refractivity contribution in [2.75, 3.05) is 5.73 Å². The zero-order chi connectivity index (χ0) is 17.6. The predicted octanol–water partition coefficient (Wildman–Crippen LogP) is 5.12. The van der Waals surface area contributed by atoms with Crippen molar-refractivity contribution in [2.24, 2.45) is 0 Å². The first kappa shape index (κ1) is 16.8. The molecule has 0 bridgehead atoms. The lowest BCUT2D eigenvalue weighted by Crippen LogP contribution is -2.21. The molecular weight excluding hydrogens is 304 g/mol. The molecule has 0 saturated heterocycles. The van der Waals surface area contributed by atoms with Crippen molar-refractivity contribution >= 4 is 11.4 Å². The van der Waals surface area contributed by atoms with E-state index in [1.54, 1.807) is 0 Å². The normalized spacial score (nSPS) is 11.7. The number of benzene rings is 3. The van der Waals surface area contributed by atoms with Crippen LogP contribution in [-0.4, -0.2) is 0 Å². The Balaban J connectivity index is 1.84. The largest absolute Gasteiger partial charge is 0.398 e. The van der Waals surface area contributed by atoms with E-state index >= 15 is 0 Å². The van der Waals surface area contributed by atoms with E-state index in [4.69, 9.17) is 5.73 Å². The van der Waals surface area contributed by atoms with Crippen LogP contribution in [0, 0.1) is 6.92 Å². The van der Waals surface area contributed by atoms with Gasteiger partial charge < -0.3 is 11.1 Å². The molecule has 3 N–H and O–H groups in total. The highest BCUT2D eigenvalue weighted by molar-refractivity contribution is 5.67. The Morgan fingerprint density at radius 3 is 2.24 bits per heavy atom. The van der Waals surface area contributed by atoms with Crippen LogP contribution >= 0.6 is 0 Å². The van der Waals surface area contributed by atoms with Gasteiger partial charge in [0.15, 0.2) is 0 Å². The van der Waals surface area contributed by atoms with Crippen LogP contribution in [-0.2, 0) is 6.42 Å². The monoisotopic (exact) mass is 328 g/mol. The third-order valence-corrected chi connectivity index (χ3v) is 4.46. The van der Waals surface area contributed by atoms with Gasteiger partial charge >= 0.3 is 0 Å². The number of anilines is 1. The molecule has 2 nitrogen and oxygen atoms in total. The average molecular weight is 328 g/mol. The predicted molar refractivity (Wildman–Crippen MR) is 107 cm³/mol. The van der Waals surface area contributed by atoms with Gasteiger partial charge in [0.25, 0.3) is 0 Å². The van der Waals surface area contributed by atoms with Crippen LogP contribution < -0.4 is 11.1 Å². The topological polar surface area (TPSA) is 38.0 Å². The fourth-order valence-electron chi connectivity index (χ4n) is 2.91. The third-order valence-electron chi connectivity index (χ3n) is 4.46. The molecule has 1 unspecified atom stereocenters. The standard InChI is InChI=1S/C23H24N2/c1-17-13-14-21(16-22(17)24)18(2)25-23(20-11-7-4-8-12-20)15-19-9-5-3-6-10-19/h3-14,16,23,25H,2,15,24H2,1H3. The number of aryl methyl sites for hydroxylation is 1. The van der Waals surface area contributed by atoms with Crippen LogP contribution in [0.2, 0.25) is 0 Å². The Morgan fingerprint density at radius 1 is 0.960 bits per heavy atom. The molecule has 126 valence electrons.